The number of aliphatic hydroxyl groups excluding tert-OH is 1. The smallest absolute Gasteiger partial charge is 0.408 e. The number of alkyl carbamates (subject to hydrolysis) is 1. The molecule has 1 unspecified atom stereocenters. The Morgan fingerprint density at radius 1 is 0.936 bits per heavy atom. The van der Waals surface area contributed by atoms with Crippen molar-refractivity contribution in [2.24, 2.45) is 5.92 Å². The molecule has 2 aliphatic heterocycles. The molecule has 2 saturated heterocycles. The second-order valence-corrected chi connectivity index (χ2v) is 12.5. The Bertz CT molecular complexity index is 1670. The number of aromatic nitrogens is 1. The SMILES string of the molecule is C[C@H]1[C@@H](CSc2ccccn2)O[C@@H](c2ccc(N3C(=O)CC(NC(=O)OCc4ccccc4)C3=O)cc2)O[C@H]1c1ccc(CO)cc1. The van der Waals surface area contributed by atoms with Crippen LogP contribution in [0.1, 0.15) is 48.0 Å². The molecule has 0 bridgehead atoms. The van der Waals surface area contributed by atoms with Gasteiger partial charge in [-0.05, 0) is 41.0 Å². The Kier molecular flexibility index (Phi) is 10.3. The number of nitrogens with zero attached hydrogens (tertiary/aromatic N) is 2. The maximum absolute atomic E-state index is 13.2. The topological polar surface area (TPSA) is 127 Å². The molecule has 11 heteroatoms. The zero-order valence-corrected chi connectivity index (χ0v) is 26.5. The zero-order chi connectivity index (χ0) is 32.8. The van der Waals surface area contributed by atoms with Crippen LogP contribution in [-0.4, -0.2) is 45.9 Å². The van der Waals surface area contributed by atoms with E-state index in [0.717, 1.165) is 32.2 Å². The summed E-state index contributed by atoms with van der Waals surface area (Å²) >= 11 is 1.61. The Morgan fingerprint density at radius 3 is 2.36 bits per heavy atom. The maximum Gasteiger partial charge on any atom is 0.408 e. The van der Waals surface area contributed by atoms with Crippen LogP contribution in [0.3, 0.4) is 0 Å². The quantitative estimate of drug-likeness (QED) is 0.163. The number of benzene rings is 3. The minimum Gasteiger partial charge on any atom is -0.445 e. The van der Waals surface area contributed by atoms with Crippen molar-refractivity contribution in [1.82, 2.24) is 10.3 Å². The molecule has 0 saturated carbocycles. The molecule has 0 radical (unpaired) electrons. The van der Waals surface area contributed by atoms with Gasteiger partial charge >= 0.3 is 6.09 Å². The molecule has 242 valence electrons. The van der Waals surface area contributed by atoms with Gasteiger partial charge in [0.1, 0.15) is 12.6 Å². The lowest BCUT2D eigenvalue weighted by Crippen LogP contribution is -2.42. The predicted octanol–water partition coefficient (Wildman–Crippen LogP) is 5.72. The molecule has 3 aromatic carbocycles. The van der Waals surface area contributed by atoms with E-state index in [0.29, 0.717) is 11.4 Å². The standard InChI is InChI=1S/C36H35N3O7S/c1-23-30(22-47-31-9-5-6-18-37-31)45-35(46-33(23)26-12-10-24(20-40)11-13-26)27-14-16-28(17-15-27)39-32(41)19-29(34(39)42)38-36(43)44-21-25-7-3-2-4-8-25/h2-18,23,29-30,33,35,40H,19-22H2,1H3,(H,38,43)/t23-,29?,30+,33+,35+/m0/s1. The van der Waals surface area contributed by atoms with Crippen LogP contribution in [0.2, 0.25) is 0 Å². The van der Waals surface area contributed by atoms with Crippen LogP contribution in [0.5, 0.6) is 0 Å². The van der Waals surface area contributed by atoms with Crippen molar-refractivity contribution < 1.29 is 33.7 Å². The van der Waals surface area contributed by atoms with Gasteiger partial charge in [0.25, 0.3) is 5.91 Å². The van der Waals surface area contributed by atoms with Crippen molar-refractivity contribution in [3.8, 4) is 0 Å². The minimum absolute atomic E-state index is 0.00497. The second kappa shape index (κ2) is 14.9. The maximum atomic E-state index is 13.2. The van der Waals surface area contributed by atoms with E-state index in [4.69, 9.17) is 14.2 Å². The number of pyridine rings is 1. The van der Waals surface area contributed by atoms with Gasteiger partial charge in [0, 0.05) is 23.4 Å². The average molecular weight is 654 g/mol. The summed E-state index contributed by atoms with van der Waals surface area (Å²) in [6.07, 6.45) is -0.354. The highest BCUT2D eigenvalue weighted by Crippen LogP contribution is 2.43. The molecule has 6 rings (SSSR count). The number of thioether (sulfide) groups is 1. The van der Waals surface area contributed by atoms with Gasteiger partial charge in [-0.3, -0.25) is 9.59 Å². The Labute approximate surface area is 277 Å². The summed E-state index contributed by atoms with van der Waals surface area (Å²) in [4.78, 5) is 44.0. The number of anilines is 1. The fourth-order valence-corrected chi connectivity index (χ4v) is 6.64. The number of ether oxygens (including phenoxy) is 3. The van der Waals surface area contributed by atoms with Gasteiger partial charge in [0.05, 0.1) is 35.9 Å². The van der Waals surface area contributed by atoms with Crippen molar-refractivity contribution >= 4 is 35.4 Å². The lowest BCUT2D eigenvalue weighted by molar-refractivity contribution is -0.268. The first kappa shape index (κ1) is 32.4. The van der Waals surface area contributed by atoms with E-state index in [1.807, 2.05) is 72.8 Å². The molecule has 5 atom stereocenters. The third kappa shape index (κ3) is 7.71. The molecule has 4 aromatic rings. The van der Waals surface area contributed by atoms with Crippen molar-refractivity contribution in [2.75, 3.05) is 10.7 Å². The van der Waals surface area contributed by atoms with E-state index in [1.54, 1.807) is 42.2 Å². The third-order valence-electron chi connectivity index (χ3n) is 8.23. The van der Waals surface area contributed by atoms with Gasteiger partial charge in [-0.25, -0.2) is 14.7 Å². The lowest BCUT2D eigenvalue weighted by atomic mass is 9.91. The summed E-state index contributed by atoms with van der Waals surface area (Å²) in [6, 6.07) is 28.6. The number of nitrogens with one attached hydrogen (secondary N) is 1. The second-order valence-electron chi connectivity index (χ2n) is 11.4. The molecule has 3 amide bonds. The molecule has 0 aliphatic carbocycles. The molecular weight excluding hydrogens is 618 g/mol. The van der Waals surface area contributed by atoms with E-state index in [1.165, 1.54) is 0 Å². The number of rotatable bonds is 10. The van der Waals surface area contributed by atoms with Crippen molar-refractivity contribution in [3.63, 3.8) is 0 Å². The molecule has 47 heavy (non-hydrogen) atoms. The van der Waals surface area contributed by atoms with Crippen LogP contribution in [0.25, 0.3) is 0 Å². The van der Waals surface area contributed by atoms with Gasteiger partial charge in [0.15, 0.2) is 6.29 Å². The third-order valence-corrected chi connectivity index (χ3v) is 9.26. The number of aliphatic hydroxyl groups is 1. The van der Waals surface area contributed by atoms with Crippen molar-refractivity contribution in [3.05, 3.63) is 126 Å². The first-order valence-corrected chi connectivity index (χ1v) is 16.4. The van der Waals surface area contributed by atoms with Gasteiger partial charge < -0.3 is 24.6 Å². The molecule has 0 spiro atoms. The molecule has 3 heterocycles. The van der Waals surface area contributed by atoms with Crippen LogP contribution in [0, 0.1) is 5.92 Å². The molecule has 2 aliphatic rings. The highest BCUT2D eigenvalue weighted by molar-refractivity contribution is 7.99. The Morgan fingerprint density at radius 2 is 1.66 bits per heavy atom. The van der Waals surface area contributed by atoms with E-state index in [9.17, 15) is 19.5 Å². The van der Waals surface area contributed by atoms with E-state index >= 15 is 0 Å². The van der Waals surface area contributed by atoms with Gasteiger partial charge in [-0.1, -0.05) is 79.7 Å². The predicted molar refractivity (Wildman–Crippen MR) is 175 cm³/mol. The fourth-order valence-electron chi connectivity index (χ4n) is 5.61. The summed E-state index contributed by atoms with van der Waals surface area (Å²) in [5, 5.41) is 12.9. The van der Waals surface area contributed by atoms with E-state index in [2.05, 4.69) is 17.2 Å². The largest absolute Gasteiger partial charge is 0.445 e. The van der Waals surface area contributed by atoms with Crippen LogP contribution in [0.4, 0.5) is 10.5 Å². The number of carbonyl (C=O) groups is 3. The molecular formula is C36H35N3O7S. The van der Waals surface area contributed by atoms with Crippen LogP contribution >= 0.6 is 11.8 Å². The van der Waals surface area contributed by atoms with Crippen LogP contribution in [-0.2, 0) is 37.0 Å². The Balaban J connectivity index is 1.14. The average Bonchev–Trinajstić information content (AvgIpc) is 3.39. The lowest BCUT2D eigenvalue weighted by Gasteiger charge is -2.41. The molecule has 1 aromatic heterocycles. The summed E-state index contributed by atoms with van der Waals surface area (Å²) in [7, 11) is 0. The Hall–Kier alpha value is -4.55. The van der Waals surface area contributed by atoms with Gasteiger partial charge in [0.2, 0.25) is 5.91 Å². The minimum atomic E-state index is -1.02. The number of amides is 3. The summed E-state index contributed by atoms with van der Waals surface area (Å²) in [5.41, 5.74) is 3.71. The van der Waals surface area contributed by atoms with Crippen molar-refractivity contribution in [1.29, 1.82) is 0 Å². The first-order valence-electron chi connectivity index (χ1n) is 15.4. The van der Waals surface area contributed by atoms with Gasteiger partial charge in [-0.15, -0.1) is 11.8 Å². The number of hydrogen-bond acceptors (Lipinski definition) is 9. The number of carbonyl (C=O) groups excluding carboxylic acids is 3. The van der Waals surface area contributed by atoms with E-state index < -0.39 is 30.2 Å². The summed E-state index contributed by atoms with van der Waals surface area (Å²) < 4.78 is 18.3. The highest BCUT2D eigenvalue weighted by atomic mass is 32.2. The molecule has 10 nitrogen and oxygen atoms in total. The summed E-state index contributed by atoms with van der Waals surface area (Å²) in [6.45, 7) is 2.11. The highest BCUT2D eigenvalue weighted by Gasteiger charge is 2.41. The van der Waals surface area contributed by atoms with Crippen LogP contribution in [0.15, 0.2) is 108 Å². The summed E-state index contributed by atoms with van der Waals surface area (Å²) in [5.74, 6) is -0.296. The first-order chi connectivity index (χ1) is 22.9. The number of hydrogen-bond donors (Lipinski definition) is 2. The normalized spacial score (nSPS) is 22.7. The van der Waals surface area contributed by atoms with Crippen molar-refractivity contribution in [2.45, 2.75) is 56.1 Å². The van der Waals surface area contributed by atoms with Crippen LogP contribution < -0.4 is 10.2 Å². The van der Waals surface area contributed by atoms with Gasteiger partial charge in [-0.2, -0.15) is 0 Å². The van der Waals surface area contributed by atoms with E-state index in [-0.39, 0.29) is 37.8 Å². The molecule has 2 N–H and O–H groups in total. The zero-order valence-electron chi connectivity index (χ0n) is 25.7. The molecule has 2 fully saturated rings. The fraction of sp³-hybridized carbons (Fsp3) is 0.278. The monoisotopic (exact) mass is 653 g/mol. The number of imide groups is 1.